The van der Waals surface area contributed by atoms with Crippen molar-refractivity contribution in [1.82, 2.24) is 35.4 Å². The Hall–Kier alpha value is -3.35. The molecule has 1 N–H and O–H groups in total. The number of aryl methyl sites for hydroxylation is 2. The lowest BCUT2D eigenvalue weighted by Crippen LogP contribution is -2.11. The molecule has 7 nitrogen and oxygen atoms in total. The highest BCUT2D eigenvalue weighted by Gasteiger charge is 2.17. The molecule has 7 heteroatoms. The van der Waals surface area contributed by atoms with Gasteiger partial charge in [-0.3, -0.25) is 0 Å². The second-order valence-electron chi connectivity index (χ2n) is 9.74. The second-order valence-corrected chi connectivity index (χ2v) is 9.74. The van der Waals surface area contributed by atoms with Crippen LogP contribution in [0.1, 0.15) is 75.5 Å². The first-order valence-electron chi connectivity index (χ1n) is 13.1. The van der Waals surface area contributed by atoms with E-state index in [1.807, 2.05) is 18.2 Å². The number of unbranched alkanes of at least 4 members (excludes halogenated alkanes) is 1. The zero-order valence-corrected chi connectivity index (χ0v) is 20.7. The van der Waals surface area contributed by atoms with Crippen molar-refractivity contribution in [3.63, 3.8) is 0 Å². The van der Waals surface area contributed by atoms with Crippen molar-refractivity contribution in [2.45, 2.75) is 77.7 Å². The zero-order valence-electron chi connectivity index (χ0n) is 20.7. The van der Waals surface area contributed by atoms with Crippen LogP contribution in [0.4, 0.5) is 0 Å². The third-order valence-corrected chi connectivity index (χ3v) is 7.17. The molecule has 182 valence electrons. The summed E-state index contributed by atoms with van der Waals surface area (Å²) in [4.78, 5) is 4.96. The smallest absolute Gasteiger partial charge is 0.180 e. The Balaban J connectivity index is 1.33. The van der Waals surface area contributed by atoms with Gasteiger partial charge < -0.3 is 0 Å². The van der Waals surface area contributed by atoms with Crippen LogP contribution in [0.25, 0.3) is 22.5 Å². The summed E-state index contributed by atoms with van der Waals surface area (Å²) in [6, 6.07) is 16.9. The van der Waals surface area contributed by atoms with Gasteiger partial charge in [0.1, 0.15) is 5.82 Å². The van der Waals surface area contributed by atoms with Crippen LogP contribution < -0.4 is 0 Å². The molecule has 1 fully saturated rings. The van der Waals surface area contributed by atoms with E-state index in [4.69, 9.17) is 10.1 Å². The number of hydrogen-bond acceptors (Lipinski definition) is 5. The number of aromatic amines is 1. The third-order valence-electron chi connectivity index (χ3n) is 7.17. The molecular formula is C28H35N7. The van der Waals surface area contributed by atoms with E-state index in [9.17, 15) is 0 Å². The van der Waals surface area contributed by atoms with Gasteiger partial charge in [-0.25, -0.2) is 14.8 Å². The molecule has 0 unspecified atom stereocenters. The number of hydrogen-bond donors (Lipinski definition) is 1. The monoisotopic (exact) mass is 469 g/mol. The van der Waals surface area contributed by atoms with Crippen molar-refractivity contribution in [3.05, 3.63) is 65.7 Å². The lowest BCUT2D eigenvalue weighted by atomic mass is 9.86. The van der Waals surface area contributed by atoms with Gasteiger partial charge in [-0.15, -0.1) is 5.10 Å². The average Bonchev–Trinajstić information content (AvgIpc) is 3.58. The van der Waals surface area contributed by atoms with Crippen LogP contribution in [0.2, 0.25) is 0 Å². The first kappa shape index (κ1) is 23.4. The summed E-state index contributed by atoms with van der Waals surface area (Å²) in [6.45, 7) is 2.98. The van der Waals surface area contributed by atoms with Gasteiger partial charge in [0.25, 0.3) is 0 Å². The van der Waals surface area contributed by atoms with E-state index in [0.717, 1.165) is 60.1 Å². The molecule has 0 atom stereocenters. The molecule has 35 heavy (non-hydrogen) atoms. The molecule has 0 amide bonds. The third kappa shape index (κ3) is 5.84. The highest BCUT2D eigenvalue weighted by molar-refractivity contribution is 5.80. The fourth-order valence-corrected chi connectivity index (χ4v) is 5.16. The summed E-state index contributed by atoms with van der Waals surface area (Å²) < 4.78 is 2.15. The van der Waals surface area contributed by atoms with Gasteiger partial charge in [0, 0.05) is 18.4 Å². The minimum atomic E-state index is 0.675. The first-order chi connectivity index (χ1) is 17.3. The summed E-state index contributed by atoms with van der Waals surface area (Å²) in [6.07, 6.45) is 12.5. The molecule has 4 aromatic rings. The number of nitrogens with one attached hydrogen (secondary N) is 1. The van der Waals surface area contributed by atoms with E-state index in [0.29, 0.717) is 5.82 Å². The summed E-state index contributed by atoms with van der Waals surface area (Å²) in [5.74, 6) is 3.67. The van der Waals surface area contributed by atoms with E-state index in [1.165, 1.54) is 50.5 Å². The van der Waals surface area contributed by atoms with Crippen molar-refractivity contribution in [3.8, 4) is 22.5 Å². The van der Waals surface area contributed by atoms with Crippen molar-refractivity contribution < 1.29 is 0 Å². The maximum absolute atomic E-state index is 4.96. The van der Waals surface area contributed by atoms with E-state index < -0.39 is 0 Å². The maximum Gasteiger partial charge on any atom is 0.180 e. The molecule has 1 aliphatic rings. The highest BCUT2D eigenvalue weighted by atomic mass is 15.5. The summed E-state index contributed by atoms with van der Waals surface area (Å²) >= 11 is 0. The average molecular weight is 470 g/mol. The molecule has 5 rings (SSSR count). The van der Waals surface area contributed by atoms with Crippen LogP contribution in [0, 0.1) is 5.92 Å². The van der Waals surface area contributed by atoms with Gasteiger partial charge in [0.2, 0.25) is 0 Å². The van der Waals surface area contributed by atoms with Crippen molar-refractivity contribution in [1.29, 1.82) is 0 Å². The minimum absolute atomic E-state index is 0.675. The largest absolute Gasteiger partial charge is 0.245 e. The fraction of sp³-hybridized carbons (Fsp3) is 0.464. The molecule has 1 aliphatic carbocycles. The van der Waals surface area contributed by atoms with Crippen molar-refractivity contribution in [2.75, 3.05) is 0 Å². The Bertz CT molecular complexity index is 1190. The van der Waals surface area contributed by atoms with Gasteiger partial charge in [-0.05, 0) is 45.9 Å². The van der Waals surface area contributed by atoms with Gasteiger partial charge >= 0.3 is 0 Å². The number of rotatable bonds is 10. The molecule has 1 saturated carbocycles. The molecule has 0 saturated heterocycles. The van der Waals surface area contributed by atoms with E-state index in [2.05, 4.69) is 62.6 Å². The molecule has 2 aromatic carbocycles. The zero-order chi connectivity index (χ0) is 23.9. The SMILES string of the molecule is CCCCc1nc(CCC2CCCCC2)n(Cc2ccc(-c3ccccc3-c3nnn[nH]3)cc2)n1. The normalized spacial score (nSPS) is 14.4. The fourth-order valence-electron chi connectivity index (χ4n) is 5.16. The van der Waals surface area contributed by atoms with Crippen LogP contribution >= 0.6 is 0 Å². The van der Waals surface area contributed by atoms with Crippen LogP contribution in [-0.2, 0) is 19.4 Å². The van der Waals surface area contributed by atoms with Crippen LogP contribution in [0.5, 0.6) is 0 Å². The van der Waals surface area contributed by atoms with E-state index in [-0.39, 0.29) is 0 Å². The number of aromatic nitrogens is 7. The van der Waals surface area contributed by atoms with Gasteiger partial charge in [-0.1, -0.05) is 94.0 Å². The van der Waals surface area contributed by atoms with E-state index in [1.54, 1.807) is 0 Å². The number of H-pyrrole nitrogens is 1. The Morgan fingerprint density at radius 2 is 1.74 bits per heavy atom. The molecule has 0 radical (unpaired) electrons. The van der Waals surface area contributed by atoms with Gasteiger partial charge in [-0.2, -0.15) is 5.10 Å². The number of nitrogens with zero attached hydrogens (tertiary/aromatic N) is 6. The Morgan fingerprint density at radius 3 is 2.49 bits per heavy atom. The number of tetrazole rings is 1. The Kier molecular flexibility index (Phi) is 7.61. The quantitative estimate of drug-likeness (QED) is 0.306. The minimum Gasteiger partial charge on any atom is -0.245 e. The molecule has 0 spiro atoms. The van der Waals surface area contributed by atoms with Gasteiger partial charge in [0.05, 0.1) is 6.54 Å². The molecule has 2 heterocycles. The first-order valence-corrected chi connectivity index (χ1v) is 13.1. The number of benzene rings is 2. The summed E-state index contributed by atoms with van der Waals surface area (Å²) in [5.41, 5.74) is 4.47. The highest BCUT2D eigenvalue weighted by Crippen LogP contribution is 2.30. The lowest BCUT2D eigenvalue weighted by molar-refractivity contribution is 0.335. The van der Waals surface area contributed by atoms with Gasteiger partial charge in [0.15, 0.2) is 11.6 Å². The standard InChI is InChI=1S/C28H35N7/c1-2-3-13-26-29-27(19-16-21-9-5-4-6-10-21)35(32-26)20-22-14-17-23(18-15-22)24-11-7-8-12-25(24)28-30-33-34-31-28/h7-8,11-12,14-15,17-18,21H,2-6,9-10,13,16,19-20H2,1H3,(H,30,31,33,34). The Morgan fingerprint density at radius 1 is 0.943 bits per heavy atom. The molecular weight excluding hydrogens is 434 g/mol. The topological polar surface area (TPSA) is 85.2 Å². The lowest BCUT2D eigenvalue weighted by Gasteiger charge is -2.21. The van der Waals surface area contributed by atoms with Crippen LogP contribution in [-0.4, -0.2) is 35.4 Å². The van der Waals surface area contributed by atoms with E-state index >= 15 is 0 Å². The van der Waals surface area contributed by atoms with Crippen LogP contribution in [0.15, 0.2) is 48.5 Å². The molecule has 0 aliphatic heterocycles. The molecule has 0 bridgehead atoms. The Labute approximate surface area is 207 Å². The van der Waals surface area contributed by atoms with Crippen molar-refractivity contribution in [2.24, 2.45) is 5.92 Å². The predicted octanol–water partition coefficient (Wildman–Crippen LogP) is 6.03. The summed E-state index contributed by atoms with van der Waals surface area (Å²) in [5, 5.41) is 19.3. The maximum atomic E-state index is 4.96. The summed E-state index contributed by atoms with van der Waals surface area (Å²) in [7, 11) is 0. The second kappa shape index (κ2) is 11.4. The van der Waals surface area contributed by atoms with Crippen LogP contribution in [0.3, 0.4) is 0 Å². The predicted molar refractivity (Wildman–Crippen MR) is 138 cm³/mol. The van der Waals surface area contributed by atoms with Crippen molar-refractivity contribution >= 4 is 0 Å². The molecule has 2 aromatic heterocycles.